The zero-order valence-corrected chi connectivity index (χ0v) is 13.5. The van der Waals surface area contributed by atoms with Gasteiger partial charge < -0.3 is 9.47 Å². The molecule has 2 heterocycles. The van der Waals surface area contributed by atoms with Gasteiger partial charge in [0, 0.05) is 44.5 Å². The summed E-state index contributed by atoms with van der Waals surface area (Å²) in [7, 11) is 1.91. The summed E-state index contributed by atoms with van der Waals surface area (Å²) in [5.74, 6) is 1.79. The number of hydrogen-bond donors (Lipinski definition) is 0. The molecule has 116 valence electrons. The smallest absolute Gasteiger partial charge is 0.253 e. The van der Waals surface area contributed by atoms with Crippen molar-refractivity contribution in [1.82, 2.24) is 14.5 Å². The summed E-state index contributed by atoms with van der Waals surface area (Å²) >= 11 is 0. The van der Waals surface area contributed by atoms with Gasteiger partial charge in [-0.3, -0.25) is 4.79 Å². The molecule has 4 nitrogen and oxygen atoms in total. The predicted octanol–water partition coefficient (Wildman–Crippen LogP) is 2.83. The van der Waals surface area contributed by atoms with Crippen molar-refractivity contribution < 1.29 is 4.79 Å². The molecule has 1 aromatic carbocycles. The molecule has 1 aliphatic rings. The Morgan fingerprint density at radius 3 is 3.00 bits per heavy atom. The van der Waals surface area contributed by atoms with Gasteiger partial charge in [0.05, 0.1) is 0 Å². The second-order valence-corrected chi connectivity index (χ2v) is 6.40. The van der Waals surface area contributed by atoms with Crippen molar-refractivity contribution in [2.24, 2.45) is 5.92 Å². The van der Waals surface area contributed by atoms with E-state index in [1.54, 1.807) is 0 Å². The van der Waals surface area contributed by atoms with Gasteiger partial charge in [-0.05, 0) is 37.8 Å². The summed E-state index contributed by atoms with van der Waals surface area (Å²) in [4.78, 5) is 18.9. The Morgan fingerprint density at radius 1 is 1.41 bits per heavy atom. The largest absolute Gasteiger partial charge is 0.341 e. The Morgan fingerprint density at radius 2 is 2.23 bits per heavy atom. The lowest BCUT2D eigenvalue weighted by Crippen LogP contribution is -2.35. The van der Waals surface area contributed by atoms with E-state index in [1.165, 1.54) is 11.4 Å². The van der Waals surface area contributed by atoms with E-state index in [2.05, 4.69) is 22.5 Å². The van der Waals surface area contributed by atoms with Crippen LogP contribution in [0.25, 0.3) is 0 Å². The molecule has 0 fully saturated rings. The van der Waals surface area contributed by atoms with Crippen LogP contribution in [0.1, 0.15) is 33.7 Å². The molecule has 22 heavy (non-hydrogen) atoms. The first-order valence-corrected chi connectivity index (χ1v) is 7.87. The highest BCUT2D eigenvalue weighted by atomic mass is 16.2. The number of hydrogen-bond acceptors (Lipinski definition) is 2. The fraction of sp³-hybridized carbons (Fsp3) is 0.444. The molecule has 0 saturated carbocycles. The van der Waals surface area contributed by atoms with E-state index < -0.39 is 0 Å². The molecule has 2 aromatic rings. The summed E-state index contributed by atoms with van der Waals surface area (Å²) in [6, 6.07) is 6.02. The van der Waals surface area contributed by atoms with Crippen molar-refractivity contribution in [3.05, 3.63) is 53.1 Å². The van der Waals surface area contributed by atoms with Gasteiger partial charge in [-0.15, -0.1) is 0 Å². The van der Waals surface area contributed by atoms with Crippen LogP contribution in [0, 0.1) is 19.8 Å². The molecule has 1 atom stereocenters. The van der Waals surface area contributed by atoms with Crippen LogP contribution in [0.4, 0.5) is 0 Å². The Balaban J connectivity index is 1.67. The Kier molecular flexibility index (Phi) is 4.01. The van der Waals surface area contributed by atoms with Crippen LogP contribution in [-0.2, 0) is 13.0 Å². The number of carbonyl (C=O) groups excluding carboxylic acids is 1. The monoisotopic (exact) mass is 297 g/mol. The lowest BCUT2D eigenvalue weighted by atomic mass is 9.98. The number of fused-ring (bicyclic) bond motifs is 1. The van der Waals surface area contributed by atoms with Crippen LogP contribution in [-0.4, -0.2) is 34.0 Å². The van der Waals surface area contributed by atoms with E-state index in [-0.39, 0.29) is 5.91 Å². The SMILES string of the molecule is Cc1ccc(C(=O)N(C)C[C@H]2CCc3nccn3C2)c(C)c1. The van der Waals surface area contributed by atoms with Gasteiger partial charge in [0.15, 0.2) is 0 Å². The van der Waals surface area contributed by atoms with Crippen LogP contribution in [0.2, 0.25) is 0 Å². The number of carbonyl (C=O) groups is 1. The molecule has 0 radical (unpaired) electrons. The lowest BCUT2D eigenvalue weighted by molar-refractivity contribution is 0.0760. The number of imidazole rings is 1. The van der Waals surface area contributed by atoms with Gasteiger partial charge in [0.2, 0.25) is 0 Å². The second-order valence-electron chi connectivity index (χ2n) is 6.40. The molecule has 4 heteroatoms. The third-order valence-corrected chi connectivity index (χ3v) is 4.52. The minimum Gasteiger partial charge on any atom is -0.341 e. The number of aryl methyl sites for hydroxylation is 3. The van der Waals surface area contributed by atoms with E-state index >= 15 is 0 Å². The van der Waals surface area contributed by atoms with E-state index in [0.717, 1.165) is 37.1 Å². The van der Waals surface area contributed by atoms with Gasteiger partial charge in [0.25, 0.3) is 5.91 Å². The maximum atomic E-state index is 12.7. The van der Waals surface area contributed by atoms with Gasteiger partial charge in [-0.1, -0.05) is 17.7 Å². The Bertz CT molecular complexity index is 689. The number of aromatic nitrogens is 2. The normalized spacial score (nSPS) is 17.1. The average Bonchev–Trinajstić information content (AvgIpc) is 2.94. The Hall–Kier alpha value is -2.10. The summed E-state index contributed by atoms with van der Waals surface area (Å²) in [5.41, 5.74) is 3.06. The van der Waals surface area contributed by atoms with Crippen molar-refractivity contribution in [3.63, 3.8) is 0 Å². The van der Waals surface area contributed by atoms with Crippen LogP contribution in [0.5, 0.6) is 0 Å². The van der Waals surface area contributed by atoms with Gasteiger partial charge in [-0.2, -0.15) is 0 Å². The lowest BCUT2D eigenvalue weighted by Gasteiger charge is -2.28. The molecular weight excluding hydrogens is 274 g/mol. The standard InChI is InChI=1S/C18H23N3O/c1-13-4-6-16(14(2)10-13)18(22)20(3)11-15-5-7-17-19-8-9-21(17)12-15/h4,6,8-10,15H,5,7,11-12H2,1-3H3/t15-/m1/s1. The highest BCUT2D eigenvalue weighted by molar-refractivity contribution is 5.95. The summed E-state index contributed by atoms with van der Waals surface area (Å²) in [6.07, 6.45) is 6.00. The minimum atomic E-state index is 0.119. The molecule has 0 bridgehead atoms. The van der Waals surface area contributed by atoms with Gasteiger partial charge in [-0.25, -0.2) is 4.98 Å². The van der Waals surface area contributed by atoms with Crippen LogP contribution < -0.4 is 0 Å². The quantitative estimate of drug-likeness (QED) is 0.873. The first-order valence-electron chi connectivity index (χ1n) is 7.87. The second kappa shape index (κ2) is 5.95. The van der Waals surface area contributed by atoms with Gasteiger partial charge in [0.1, 0.15) is 5.82 Å². The maximum Gasteiger partial charge on any atom is 0.253 e. The summed E-state index contributed by atoms with van der Waals surface area (Å²) in [5, 5.41) is 0. The van der Waals surface area contributed by atoms with Gasteiger partial charge >= 0.3 is 0 Å². The molecular formula is C18H23N3O. The molecule has 1 aliphatic heterocycles. The van der Waals surface area contributed by atoms with E-state index in [1.807, 2.05) is 43.4 Å². The highest BCUT2D eigenvalue weighted by Crippen LogP contribution is 2.20. The fourth-order valence-corrected chi connectivity index (χ4v) is 3.32. The predicted molar refractivity (Wildman–Crippen MR) is 86.9 cm³/mol. The van der Waals surface area contributed by atoms with Crippen molar-refractivity contribution in [1.29, 1.82) is 0 Å². The van der Waals surface area contributed by atoms with Crippen molar-refractivity contribution in [3.8, 4) is 0 Å². The van der Waals surface area contributed by atoms with Crippen molar-refractivity contribution in [2.75, 3.05) is 13.6 Å². The zero-order valence-electron chi connectivity index (χ0n) is 13.5. The third-order valence-electron chi connectivity index (χ3n) is 4.52. The summed E-state index contributed by atoms with van der Waals surface area (Å²) in [6.45, 7) is 5.81. The highest BCUT2D eigenvalue weighted by Gasteiger charge is 2.22. The first-order chi connectivity index (χ1) is 10.5. The molecule has 0 N–H and O–H groups in total. The summed E-state index contributed by atoms with van der Waals surface area (Å²) < 4.78 is 2.21. The topological polar surface area (TPSA) is 38.1 Å². The zero-order chi connectivity index (χ0) is 15.7. The number of rotatable bonds is 3. The van der Waals surface area contributed by atoms with Crippen LogP contribution in [0.15, 0.2) is 30.6 Å². The van der Waals surface area contributed by atoms with Crippen LogP contribution >= 0.6 is 0 Å². The Labute approximate surface area is 131 Å². The fourth-order valence-electron chi connectivity index (χ4n) is 3.32. The number of amides is 1. The molecule has 3 rings (SSSR count). The van der Waals surface area contributed by atoms with Crippen molar-refractivity contribution >= 4 is 5.91 Å². The van der Waals surface area contributed by atoms with E-state index in [0.29, 0.717) is 5.92 Å². The third kappa shape index (κ3) is 2.91. The van der Waals surface area contributed by atoms with E-state index in [9.17, 15) is 4.79 Å². The van der Waals surface area contributed by atoms with Crippen LogP contribution in [0.3, 0.4) is 0 Å². The molecule has 0 spiro atoms. The van der Waals surface area contributed by atoms with E-state index in [4.69, 9.17) is 0 Å². The first kappa shape index (κ1) is 14.8. The molecule has 1 aromatic heterocycles. The number of nitrogens with zero attached hydrogens (tertiary/aromatic N) is 3. The minimum absolute atomic E-state index is 0.119. The maximum absolute atomic E-state index is 12.7. The average molecular weight is 297 g/mol. The molecule has 1 amide bonds. The van der Waals surface area contributed by atoms with Crippen molar-refractivity contribution in [2.45, 2.75) is 33.2 Å². The number of benzene rings is 1. The molecule has 0 saturated heterocycles. The molecule has 0 unspecified atom stereocenters. The molecule has 0 aliphatic carbocycles.